The van der Waals surface area contributed by atoms with Gasteiger partial charge in [-0.2, -0.15) is 0 Å². The highest BCUT2D eigenvalue weighted by atomic mass is 32.2. The molecule has 0 fully saturated rings. The third-order valence-electron chi connectivity index (χ3n) is 4.07. The summed E-state index contributed by atoms with van der Waals surface area (Å²) in [5.74, 6) is 0.101. The number of aryl methyl sites for hydroxylation is 2. The Morgan fingerprint density at radius 3 is 2.44 bits per heavy atom. The van der Waals surface area contributed by atoms with E-state index in [9.17, 15) is 13.2 Å². The fourth-order valence-electron chi connectivity index (χ4n) is 2.80. The van der Waals surface area contributed by atoms with Gasteiger partial charge in [-0.15, -0.1) is 0 Å². The summed E-state index contributed by atoms with van der Waals surface area (Å²) in [5.41, 5.74) is 3.08. The number of rotatable bonds is 6. The molecule has 0 radical (unpaired) electrons. The third kappa shape index (κ3) is 4.37. The lowest BCUT2D eigenvalue weighted by Gasteiger charge is -2.09. The largest absolute Gasteiger partial charge is 0.490 e. The first kappa shape index (κ1) is 17.4. The fraction of sp³-hybridized carbons (Fsp3) is 0.278. The van der Waals surface area contributed by atoms with Crippen LogP contribution < -0.4 is 9.88 Å². The zero-order valence-corrected chi connectivity index (χ0v) is 14.4. The minimum absolute atomic E-state index is 0.0166. The van der Waals surface area contributed by atoms with Crippen molar-refractivity contribution in [2.45, 2.75) is 24.2 Å². The third-order valence-corrected chi connectivity index (χ3v) is 5.00. The number of benzene rings is 2. The maximum atomic E-state index is 12.1. The molecule has 1 aliphatic rings. The highest BCUT2D eigenvalue weighted by Gasteiger charge is 2.14. The van der Waals surface area contributed by atoms with Crippen LogP contribution in [-0.2, 0) is 27.6 Å². The molecule has 0 saturated heterocycles. The van der Waals surface area contributed by atoms with Gasteiger partial charge in [0.15, 0.2) is 0 Å². The lowest BCUT2D eigenvalue weighted by atomic mass is 10.1. The van der Waals surface area contributed by atoms with Gasteiger partial charge in [-0.3, -0.25) is 0 Å². The van der Waals surface area contributed by atoms with Crippen LogP contribution in [0.1, 0.15) is 27.9 Å². The van der Waals surface area contributed by atoms with Gasteiger partial charge in [-0.05, 0) is 66.8 Å². The van der Waals surface area contributed by atoms with Crippen LogP contribution in [0.25, 0.3) is 0 Å². The van der Waals surface area contributed by atoms with E-state index in [1.807, 2.05) is 12.1 Å². The van der Waals surface area contributed by atoms with E-state index in [1.54, 1.807) is 6.07 Å². The summed E-state index contributed by atoms with van der Waals surface area (Å²) in [6.45, 7) is 0.276. The second kappa shape index (κ2) is 7.25. The Bertz CT molecular complexity index is 875. The van der Waals surface area contributed by atoms with Crippen molar-refractivity contribution in [2.75, 3.05) is 13.2 Å². The quantitative estimate of drug-likeness (QED) is 0.628. The number of carbonyl (C=O) groups is 1. The molecule has 0 heterocycles. The van der Waals surface area contributed by atoms with Crippen LogP contribution in [0.15, 0.2) is 47.4 Å². The molecule has 0 aliphatic heterocycles. The van der Waals surface area contributed by atoms with Crippen LogP contribution in [0.3, 0.4) is 0 Å². The molecule has 2 aromatic carbocycles. The number of fused-ring (bicyclic) bond motifs is 1. The molecular formula is C18H19NO5S. The van der Waals surface area contributed by atoms with Gasteiger partial charge >= 0.3 is 5.97 Å². The van der Waals surface area contributed by atoms with Crippen molar-refractivity contribution in [2.24, 2.45) is 5.14 Å². The Balaban J connectivity index is 1.47. The van der Waals surface area contributed by atoms with Crippen molar-refractivity contribution in [3.8, 4) is 5.75 Å². The second-order valence-corrected chi connectivity index (χ2v) is 7.40. The first-order valence-corrected chi connectivity index (χ1v) is 9.53. The second-order valence-electron chi connectivity index (χ2n) is 5.84. The van der Waals surface area contributed by atoms with Gasteiger partial charge in [-0.25, -0.2) is 18.4 Å². The van der Waals surface area contributed by atoms with E-state index in [0.29, 0.717) is 11.3 Å². The van der Waals surface area contributed by atoms with Gasteiger partial charge in [-0.1, -0.05) is 6.07 Å². The highest BCUT2D eigenvalue weighted by Crippen LogP contribution is 2.23. The molecule has 7 heteroatoms. The maximum absolute atomic E-state index is 12.1. The molecule has 6 nitrogen and oxygen atoms in total. The van der Waals surface area contributed by atoms with Gasteiger partial charge in [0.2, 0.25) is 10.0 Å². The molecular weight excluding hydrogens is 342 g/mol. The summed E-state index contributed by atoms with van der Waals surface area (Å²) >= 11 is 0. The molecule has 0 amide bonds. The minimum atomic E-state index is -3.72. The van der Waals surface area contributed by atoms with E-state index >= 15 is 0 Å². The van der Waals surface area contributed by atoms with E-state index in [0.717, 1.165) is 19.3 Å². The standard InChI is InChI=1S/C18H19NO5S/c19-25(21,22)17-8-6-16(7-9-17)23-10-11-24-18(20)15-5-4-13-2-1-3-14(13)12-15/h4-9,12H,1-3,10-11H2,(H2,19,21,22). The van der Waals surface area contributed by atoms with Gasteiger partial charge in [0.25, 0.3) is 0 Å². The van der Waals surface area contributed by atoms with E-state index < -0.39 is 10.0 Å². The zero-order chi connectivity index (χ0) is 17.9. The number of hydrogen-bond donors (Lipinski definition) is 1. The van der Waals surface area contributed by atoms with E-state index in [4.69, 9.17) is 14.6 Å². The fourth-order valence-corrected chi connectivity index (χ4v) is 3.32. The van der Waals surface area contributed by atoms with E-state index in [-0.39, 0.29) is 24.1 Å². The molecule has 132 valence electrons. The smallest absolute Gasteiger partial charge is 0.338 e. The van der Waals surface area contributed by atoms with Crippen LogP contribution in [0.5, 0.6) is 5.75 Å². The van der Waals surface area contributed by atoms with Gasteiger partial charge in [0, 0.05) is 0 Å². The highest BCUT2D eigenvalue weighted by molar-refractivity contribution is 7.89. The van der Waals surface area contributed by atoms with Crippen molar-refractivity contribution in [3.05, 3.63) is 59.2 Å². The van der Waals surface area contributed by atoms with Crippen LogP contribution in [-0.4, -0.2) is 27.6 Å². The van der Waals surface area contributed by atoms with Crippen molar-refractivity contribution in [1.82, 2.24) is 0 Å². The predicted molar refractivity (Wildman–Crippen MR) is 92.1 cm³/mol. The van der Waals surface area contributed by atoms with Crippen molar-refractivity contribution in [3.63, 3.8) is 0 Å². The van der Waals surface area contributed by atoms with Crippen molar-refractivity contribution in [1.29, 1.82) is 0 Å². The van der Waals surface area contributed by atoms with Crippen LogP contribution in [0, 0.1) is 0 Å². The number of primary sulfonamides is 1. The minimum Gasteiger partial charge on any atom is -0.490 e. The molecule has 0 spiro atoms. The number of hydrogen-bond acceptors (Lipinski definition) is 5. The Morgan fingerprint density at radius 1 is 1.00 bits per heavy atom. The molecule has 2 aromatic rings. The molecule has 25 heavy (non-hydrogen) atoms. The molecule has 3 rings (SSSR count). The summed E-state index contributed by atoms with van der Waals surface area (Å²) in [6.07, 6.45) is 3.21. The summed E-state index contributed by atoms with van der Waals surface area (Å²) in [4.78, 5) is 12.1. The number of nitrogens with two attached hydrogens (primary N) is 1. The van der Waals surface area contributed by atoms with Crippen LogP contribution in [0.2, 0.25) is 0 Å². The lowest BCUT2D eigenvalue weighted by molar-refractivity contribution is 0.0450. The van der Waals surface area contributed by atoms with Gasteiger partial charge in [0.05, 0.1) is 10.5 Å². The Kier molecular flexibility index (Phi) is 5.06. The molecule has 0 aromatic heterocycles. The molecule has 0 unspecified atom stereocenters. The van der Waals surface area contributed by atoms with Crippen LogP contribution in [0.4, 0.5) is 0 Å². The summed E-state index contributed by atoms with van der Waals surface area (Å²) in [7, 11) is -3.72. The first-order chi connectivity index (χ1) is 11.9. The Morgan fingerprint density at radius 2 is 1.72 bits per heavy atom. The number of esters is 1. The normalized spacial score (nSPS) is 13.3. The van der Waals surface area contributed by atoms with Crippen LogP contribution >= 0.6 is 0 Å². The molecule has 0 atom stereocenters. The average Bonchev–Trinajstić information content (AvgIpc) is 3.06. The summed E-state index contributed by atoms with van der Waals surface area (Å²) in [6, 6.07) is 11.4. The maximum Gasteiger partial charge on any atom is 0.338 e. The molecule has 0 saturated carbocycles. The number of carbonyl (C=O) groups excluding carboxylic acids is 1. The summed E-state index contributed by atoms with van der Waals surface area (Å²) < 4.78 is 33.0. The number of ether oxygens (including phenoxy) is 2. The molecule has 2 N–H and O–H groups in total. The van der Waals surface area contributed by atoms with E-state index in [2.05, 4.69) is 0 Å². The Labute approximate surface area is 146 Å². The van der Waals surface area contributed by atoms with Crippen molar-refractivity contribution >= 4 is 16.0 Å². The monoisotopic (exact) mass is 361 g/mol. The van der Waals surface area contributed by atoms with E-state index in [1.165, 1.54) is 35.4 Å². The Hall–Kier alpha value is -2.38. The van der Waals surface area contributed by atoms with Gasteiger partial charge in [0.1, 0.15) is 19.0 Å². The lowest BCUT2D eigenvalue weighted by Crippen LogP contribution is -2.13. The molecule has 0 bridgehead atoms. The topological polar surface area (TPSA) is 95.7 Å². The summed E-state index contributed by atoms with van der Waals surface area (Å²) in [5, 5.41) is 5.02. The van der Waals surface area contributed by atoms with Crippen molar-refractivity contribution < 1.29 is 22.7 Å². The number of sulfonamides is 1. The zero-order valence-electron chi connectivity index (χ0n) is 13.6. The average molecular weight is 361 g/mol. The molecule has 1 aliphatic carbocycles. The SMILES string of the molecule is NS(=O)(=O)c1ccc(OCCOC(=O)c2ccc3c(c2)CCC3)cc1. The van der Waals surface area contributed by atoms with Gasteiger partial charge < -0.3 is 9.47 Å². The predicted octanol–water partition coefficient (Wildman–Crippen LogP) is 2.06. The first-order valence-electron chi connectivity index (χ1n) is 7.98.